The molecule has 16 heavy (non-hydrogen) atoms. The molecule has 0 nitrogen and oxygen atoms in total. The zero-order valence-corrected chi connectivity index (χ0v) is 12.0. The molecule has 1 rings (SSSR count). The van der Waals surface area contributed by atoms with Crippen LogP contribution in [-0.2, 0) is 0 Å². The van der Waals surface area contributed by atoms with Crippen molar-refractivity contribution in [3.8, 4) is 0 Å². The first-order valence-corrected chi connectivity index (χ1v) is 7.63. The number of hydrogen-bond donors (Lipinski definition) is 0. The number of hydrogen-bond acceptors (Lipinski definition) is 0. The fourth-order valence-corrected chi connectivity index (χ4v) is 3.18. The third kappa shape index (κ3) is 4.89. The van der Waals surface area contributed by atoms with Gasteiger partial charge in [-0.1, -0.05) is 66.2 Å². The highest BCUT2D eigenvalue weighted by atomic mass is 14.3. The van der Waals surface area contributed by atoms with E-state index in [0.29, 0.717) is 0 Å². The van der Waals surface area contributed by atoms with Gasteiger partial charge in [0.25, 0.3) is 0 Å². The highest BCUT2D eigenvalue weighted by Crippen LogP contribution is 2.34. The Bertz CT molecular complexity index is 165. The first-order chi connectivity index (χ1) is 7.63. The average Bonchev–Trinajstić information content (AvgIpc) is 2.29. The minimum atomic E-state index is 0.885. The van der Waals surface area contributed by atoms with Crippen molar-refractivity contribution in [2.75, 3.05) is 0 Å². The minimum absolute atomic E-state index is 0.885. The minimum Gasteiger partial charge on any atom is -0.0651 e. The molecule has 1 aliphatic carbocycles. The Labute approximate surface area is 103 Å². The van der Waals surface area contributed by atoms with Gasteiger partial charge in [0.1, 0.15) is 0 Å². The van der Waals surface area contributed by atoms with Crippen LogP contribution in [0.2, 0.25) is 0 Å². The van der Waals surface area contributed by atoms with Gasteiger partial charge in [0, 0.05) is 0 Å². The van der Waals surface area contributed by atoms with Crippen LogP contribution in [0.1, 0.15) is 79.1 Å². The van der Waals surface area contributed by atoms with Gasteiger partial charge in [-0.15, -0.1) is 0 Å². The molecule has 1 aliphatic rings. The van der Waals surface area contributed by atoms with Gasteiger partial charge < -0.3 is 0 Å². The van der Waals surface area contributed by atoms with Crippen molar-refractivity contribution in [1.29, 1.82) is 0 Å². The fraction of sp³-hybridized carbons (Fsp3) is 1.00. The van der Waals surface area contributed by atoms with Crippen molar-refractivity contribution in [2.45, 2.75) is 79.1 Å². The van der Waals surface area contributed by atoms with Crippen LogP contribution < -0.4 is 0 Å². The molecular weight excluding hydrogens is 192 g/mol. The van der Waals surface area contributed by atoms with Gasteiger partial charge in [-0.3, -0.25) is 0 Å². The normalized spacial score (nSPS) is 22.3. The molecule has 0 spiro atoms. The van der Waals surface area contributed by atoms with Crippen LogP contribution in [0.15, 0.2) is 0 Å². The smallest absolute Gasteiger partial charge is 0.0386 e. The lowest BCUT2D eigenvalue weighted by atomic mass is 9.76. The van der Waals surface area contributed by atoms with E-state index in [1.165, 1.54) is 51.4 Å². The van der Waals surface area contributed by atoms with Gasteiger partial charge >= 0.3 is 0 Å². The summed E-state index contributed by atoms with van der Waals surface area (Å²) >= 11 is 0. The molecule has 0 heteroatoms. The summed E-state index contributed by atoms with van der Waals surface area (Å²) in [5.74, 6) is 3.86. The highest BCUT2D eigenvalue weighted by Gasteiger charge is 2.22. The molecule has 96 valence electrons. The largest absolute Gasteiger partial charge is 0.0651 e. The quantitative estimate of drug-likeness (QED) is 0.545. The lowest BCUT2D eigenvalue weighted by Crippen LogP contribution is -2.18. The van der Waals surface area contributed by atoms with Crippen LogP contribution in [0.5, 0.6) is 0 Å². The molecule has 0 amide bonds. The van der Waals surface area contributed by atoms with Crippen molar-refractivity contribution in [3.05, 3.63) is 0 Å². The maximum Gasteiger partial charge on any atom is -0.0386 e. The van der Waals surface area contributed by atoms with E-state index >= 15 is 0 Å². The maximum atomic E-state index is 2.43. The SMILES string of the molecule is CCC(C)CC(CC1CCCCC1)C(C)C. The Morgan fingerprint density at radius 1 is 1.00 bits per heavy atom. The van der Waals surface area contributed by atoms with E-state index in [-0.39, 0.29) is 0 Å². The molecule has 0 N–H and O–H groups in total. The van der Waals surface area contributed by atoms with Gasteiger partial charge in [-0.2, -0.15) is 0 Å². The van der Waals surface area contributed by atoms with Crippen molar-refractivity contribution in [2.24, 2.45) is 23.7 Å². The predicted molar refractivity (Wildman–Crippen MR) is 73.6 cm³/mol. The van der Waals surface area contributed by atoms with Crippen molar-refractivity contribution in [1.82, 2.24) is 0 Å². The monoisotopic (exact) mass is 224 g/mol. The van der Waals surface area contributed by atoms with Crippen LogP contribution in [0.25, 0.3) is 0 Å². The molecule has 0 radical (unpaired) electrons. The van der Waals surface area contributed by atoms with Gasteiger partial charge in [-0.05, 0) is 36.5 Å². The first kappa shape index (κ1) is 14.1. The maximum absolute atomic E-state index is 2.43. The summed E-state index contributed by atoms with van der Waals surface area (Å²) in [6.07, 6.45) is 11.9. The van der Waals surface area contributed by atoms with E-state index < -0.39 is 0 Å². The third-order valence-electron chi connectivity index (χ3n) is 4.71. The predicted octanol–water partition coefficient (Wildman–Crippen LogP) is 5.67. The summed E-state index contributed by atoms with van der Waals surface area (Å²) in [7, 11) is 0. The summed E-state index contributed by atoms with van der Waals surface area (Å²) in [4.78, 5) is 0. The lowest BCUT2D eigenvalue weighted by molar-refractivity contribution is 0.215. The van der Waals surface area contributed by atoms with Gasteiger partial charge in [0.05, 0.1) is 0 Å². The topological polar surface area (TPSA) is 0 Å². The second kappa shape index (κ2) is 7.35. The molecule has 0 heterocycles. The Morgan fingerprint density at radius 2 is 1.62 bits per heavy atom. The van der Waals surface area contributed by atoms with Crippen LogP contribution in [-0.4, -0.2) is 0 Å². The molecule has 0 aromatic rings. The molecule has 2 unspecified atom stereocenters. The third-order valence-corrected chi connectivity index (χ3v) is 4.71. The summed E-state index contributed by atoms with van der Waals surface area (Å²) in [6, 6.07) is 0. The summed E-state index contributed by atoms with van der Waals surface area (Å²) in [6.45, 7) is 9.62. The summed E-state index contributed by atoms with van der Waals surface area (Å²) in [5.41, 5.74) is 0. The Morgan fingerprint density at radius 3 is 2.12 bits per heavy atom. The zero-order valence-electron chi connectivity index (χ0n) is 12.0. The molecule has 0 bridgehead atoms. The van der Waals surface area contributed by atoms with Crippen LogP contribution >= 0.6 is 0 Å². The summed E-state index contributed by atoms with van der Waals surface area (Å²) < 4.78 is 0. The lowest BCUT2D eigenvalue weighted by Gasteiger charge is -2.30. The van der Waals surface area contributed by atoms with Crippen LogP contribution in [0.3, 0.4) is 0 Å². The Kier molecular flexibility index (Phi) is 6.46. The van der Waals surface area contributed by atoms with E-state index in [2.05, 4.69) is 27.7 Å². The molecular formula is C16H32. The molecule has 0 saturated heterocycles. The van der Waals surface area contributed by atoms with Crippen molar-refractivity contribution in [3.63, 3.8) is 0 Å². The van der Waals surface area contributed by atoms with Gasteiger partial charge in [0.15, 0.2) is 0 Å². The van der Waals surface area contributed by atoms with Crippen molar-refractivity contribution >= 4 is 0 Å². The standard InChI is InChI=1S/C16H32/c1-5-14(4)11-16(13(2)3)12-15-9-7-6-8-10-15/h13-16H,5-12H2,1-4H3. The Hall–Kier alpha value is 0. The second-order valence-corrected chi connectivity index (χ2v) is 6.49. The fourth-order valence-electron chi connectivity index (χ4n) is 3.18. The van der Waals surface area contributed by atoms with E-state index in [1.807, 2.05) is 0 Å². The van der Waals surface area contributed by atoms with E-state index in [1.54, 1.807) is 0 Å². The average molecular weight is 224 g/mol. The van der Waals surface area contributed by atoms with Crippen LogP contribution in [0, 0.1) is 23.7 Å². The molecule has 1 fully saturated rings. The highest BCUT2D eigenvalue weighted by molar-refractivity contribution is 4.73. The first-order valence-electron chi connectivity index (χ1n) is 7.63. The zero-order chi connectivity index (χ0) is 12.0. The molecule has 0 aromatic carbocycles. The number of rotatable bonds is 6. The summed E-state index contributed by atoms with van der Waals surface area (Å²) in [5, 5.41) is 0. The van der Waals surface area contributed by atoms with Gasteiger partial charge in [-0.25, -0.2) is 0 Å². The second-order valence-electron chi connectivity index (χ2n) is 6.49. The molecule has 0 aliphatic heterocycles. The van der Waals surface area contributed by atoms with E-state index in [9.17, 15) is 0 Å². The molecule has 0 aromatic heterocycles. The van der Waals surface area contributed by atoms with Gasteiger partial charge in [0.2, 0.25) is 0 Å². The molecule has 1 saturated carbocycles. The van der Waals surface area contributed by atoms with E-state index in [0.717, 1.165) is 23.7 Å². The van der Waals surface area contributed by atoms with Crippen LogP contribution in [0.4, 0.5) is 0 Å². The molecule has 2 atom stereocenters. The van der Waals surface area contributed by atoms with Crippen molar-refractivity contribution < 1.29 is 0 Å². The van der Waals surface area contributed by atoms with E-state index in [4.69, 9.17) is 0 Å². The Balaban J connectivity index is 2.37.